The number of aromatic nitrogens is 2. The Bertz CT molecular complexity index is 1080. The number of amides is 1. The first-order valence-corrected chi connectivity index (χ1v) is 12.3. The van der Waals surface area contributed by atoms with E-state index in [9.17, 15) is 4.79 Å². The lowest BCUT2D eigenvalue weighted by molar-refractivity contribution is 0.0101. The number of nitrogens with two attached hydrogens (primary N) is 1. The summed E-state index contributed by atoms with van der Waals surface area (Å²) < 4.78 is 6.74. The van der Waals surface area contributed by atoms with E-state index in [1.807, 2.05) is 27.0 Å². The van der Waals surface area contributed by atoms with E-state index >= 15 is 0 Å². The van der Waals surface area contributed by atoms with Gasteiger partial charge in [0.15, 0.2) is 0 Å². The molecule has 1 aliphatic heterocycles. The van der Waals surface area contributed by atoms with E-state index in [0.29, 0.717) is 19.5 Å². The summed E-state index contributed by atoms with van der Waals surface area (Å²) in [5.74, 6) is 0.816. The average molecular weight is 468 g/mol. The molecule has 1 amide bonds. The van der Waals surface area contributed by atoms with Crippen LogP contribution in [-0.4, -0.2) is 63.8 Å². The molecule has 0 bridgehead atoms. The minimum absolute atomic E-state index is 0.0940. The molecule has 7 nitrogen and oxygen atoms in total. The molecule has 176 valence electrons. The van der Waals surface area contributed by atoms with Crippen LogP contribution >= 0.6 is 11.3 Å². The Kier molecular flexibility index (Phi) is 6.97. The van der Waals surface area contributed by atoms with E-state index in [4.69, 9.17) is 15.5 Å². The summed E-state index contributed by atoms with van der Waals surface area (Å²) in [5.41, 5.74) is 8.09. The molecule has 1 aromatic carbocycles. The van der Waals surface area contributed by atoms with Gasteiger partial charge >= 0.3 is 6.09 Å². The molecule has 33 heavy (non-hydrogen) atoms. The average Bonchev–Trinajstić information content (AvgIpc) is 3.21. The molecule has 1 aliphatic rings. The maximum Gasteiger partial charge on any atom is 0.410 e. The lowest BCUT2D eigenvalue weighted by Crippen LogP contribution is -2.55. The Morgan fingerprint density at radius 2 is 1.94 bits per heavy atom. The number of hydrogen-bond donors (Lipinski definition) is 1. The summed E-state index contributed by atoms with van der Waals surface area (Å²) in [6.45, 7) is 10.4. The van der Waals surface area contributed by atoms with Gasteiger partial charge in [0.2, 0.25) is 0 Å². The molecule has 0 radical (unpaired) electrons. The Hall–Kier alpha value is -2.55. The summed E-state index contributed by atoms with van der Waals surface area (Å²) in [4.78, 5) is 26.9. The van der Waals surface area contributed by atoms with Crippen molar-refractivity contribution in [2.24, 2.45) is 5.73 Å². The second-order valence-electron chi connectivity index (χ2n) is 9.58. The van der Waals surface area contributed by atoms with Gasteiger partial charge in [-0.2, -0.15) is 0 Å². The van der Waals surface area contributed by atoms with E-state index < -0.39 is 5.60 Å². The Morgan fingerprint density at radius 1 is 1.21 bits per heavy atom. The van der Waals surface area contributed by atoms with Crippen molar-refractivity contribution in [3.05, 3.63) is 47.9 Å². The lowest BCUT2D eigenvalue weighted by atomic mass is 10.1. The Labute approximate surface area is 199 Å². The van der Waals surface area contributed by atoms with Crippen molar-refractivity contribution < 1.29 is 9.53 Å². The molecule has 3 heterocycles. The highest BCUT2D eigenvalue weighted by molar-refractivity contribution is 7.22. The number of rotatable bonds is 5. The van der Waals surface area contributed by atoms with Gasteiger partial charge in [-0.1, -0.05) is 18.2 Å². The fourth-order valence-corrected chi connectivity index (χ4v) is 5.09. The molecule has 0 saturated carbocycles. The molecule has 4 rings (SSSR count). The maximum absolute atomic E-state index is 12.3. The third kappa shape index (κ3) is 5.88. The molecule has 1 fully saturated rings. The third-order valence-corrected chi connectivity index (χ3v) is 6.90. The van der Waals surface area contributed by atoms with E-state index in [1.165, 1.54) is 15.0 Å². The molecular weight excluding hydrogens is 434 g/mol. The van der Waals surface area contributed by atoms with Crippen molar-refractivity contribution >= 4 is 27.5 Å². The minimum Gasteiger partial charge on any atom is -0.444 e. The number of benzene rings is 1. The molecular formula is C25H33N5O2S. The summed E-state index contributed by atoms with van der Waals surface area (Å²) in [5, 5.41) is 1.24. The first-order valence-electron chi connectivity index (χ1n) is 11.5. The van der Waals surface area contributed by atoms with Gasteiger partial charge in [-0.05, 0) is 57.2 Å². The number of carbonyl (C=O) groups excluding carboxylic acids is 1. The zero-order chi connectivity index (χ0) is 23.6. The number of piperazine rings is 1. The molecule has 0 spiro atoms. The van der Waals surface area contributed by atoms with Crippen LogP contribution in [0.4, 0.5) is 4.79 Å². The van der Waals surface area contributed by atoms with Crippen molar-refractivity contribution in [1.82, 2.24) is 19.8 Å². The van der Waals surface area contributed by atoms with Crippen LogP contribution in [0.25, 0.3) is 20.7 Å². The standard InChI is InChI=1S/C25H33N5O2S/c1-17-16-27-22(28-23(17)20-15-18-7-5-6-8-19(18)33-20)10-9-21(26)29-11-13-30(14-12-29)24(31)32-25(2,3)4/h5-8,15-16,21H,9-14,26H2,1-4H3. The zero-order valence-electron chi connectivity index (χ0n) is 19.9. The zero-order valence-corrected chi connectivity index (χ0v) is 20.7. The van der Waals surface area contributed by atoms with Gasteiger partial charge in [-0.25, -0.2) is 14.8 Å². The number of nitrogens with zero attached hydrogens (tertiary/aromatic N) is 4. The van der Waals surface area contributed by atoms with Crippen LogP contribution in [0, 0.1) is 6.92 Å². The Morgan fingerprint density at radius 3 is 2.64 bits per heavy atom. The second kappa shape index (κ2) is 9.75. The maximum atomic E-state index is 12.3. The predicted molar refractivity (Wildman–Crippen MR) is 133 cm³/mol. The van der Waals surface area contributed by atoms with Crippen molar-refractivity contribution in [1.29, 1.82) is 0 Å². The number of ether oxygens (including phenoxy) is 1. The first kappa shape index (κ1) is 23.6. The molecule has 3 aromatic rings. The number of thiophene rings is 1. The number of hydrogen-bond acceptors (Lipinski definition) is 7. The highest BCUT2D eigenvalue weighted by atomic mass is 32.1. The van der Waals surface area contributed by atoms with Gasteiger partial charge in [-0.15, -0.1) is 11.3 Å². The topological polar surface area (TPSA) is 84.6 Å². The van der Waals surface area contributed by atoms with E-state index in [-0.39, 0.29) is 12.3 Å². The van der Waals surface area contributed by atoms with Gasteiger partial charge in [0.05, 0.1) is 16.7 Å². The van der Waals surface area contributed by atoms with Gasteiger partial charge in [0, 0.05) is 43.5 Å². The van der Waals surface area contributed by atoms with Crippen molar-refractivity contribution in [2.75, 3.05) is 26.2 Å². The lowest BCUT2D eigenvalue weighted by Gasteiger charge is -2.38. The van der Waals surface area contributed by atoms with E-state index in [1.54, 1.807) is 16.2 Å². The van der Waals surface area contributed by atoms with Gasteiger partial charge in [-0.3, -0.25) is 4.90 Å². The molecule has 2 N–H and O–H groups in total. The molecule has 2 aromatic heterocycles. The highest BCUT2D eigenvalue weighted by Crippen LogP contribution is 2.33. The molecule has 0 aliphatic carbocycles. The van der Waals surface area contributed by atoms with Gasteiger partial charge in [0.25, 0.3) is 0 Å². The fourth-order valence-electron chi connectivity index (χ4n) is 3.97. The van der Waals surface area contributed by atoms with Crippen LogP contribution in [0.2, 0.25) is 0 Å². The van der Waals surface area contributed by atoms with Crippen LogP contribution in [0.3, 0.4) is 0 Å². The fraction of sp³-hybridized carbons (Fsp3) is 0.480. The van der Waals surface area contributed by atoms with Crippen LogP contribution in [0.1, 0.15) is 38.6 Å². The van der Waals surface area contributed by atoms with Crippen LogP contribution in [-0.2, 0) is 11.2 Å². The van der Waals surface area contributed by atoms with Crippen LogP contribution in [0.5, 0.6) is 0 Å². The third-order valence-electron chi connectivity index (χ3n) is 5.78. The van der Waals surface area contributed by atoms with Gasteiger partial charge in [0.1, 0.15) is 11.4 Å². The molecule has 1 saturated heterocycles. The molecule has 1 atom stereocenters. The van der Waals surface area contributed by atoms with E-state index in [2.05, 4.69) is 47.1 Å². The second-order valence-corrected chi connectivity index (χ2v) is 10.7. The highest BCUT2D eigenvalue weighted by Gasteiger charge is 2.27. The Balaban J connectivity index is 1.34. The van der Waals surface area contributed by atoms with Crippen molar-refractivity contribution in [3.8, 4) is 10.6 Å². The van der Waals surface area contributed by atoms with Crippen LogP contribution in [0.15, 0.2) is 36.5 Å². The van der Waals surface area contributed by atoms with Crippen molar-refractivity contribution in [3.63, 3.8) is 0 Å². The number of aryl methyl sites for hydroxylation is 2. The van der Waals surface area contributed by atoms with Crippen LogP contribution < -0.4 is 5.73 Å². The summed E-state index contributed by atoms with van der Waals surface area (Å²) in [6, 6.07) is 10.6. The SMILES string of the molecule is Cc1cnc(CCC(N)N2CCN(C(=O)OC(C)(C)C)CC2)nc1-c1cc2ccccc2s1. The summed E-state index contributed by atoms with van der Waals surface area (Å²) >= 11 is 1.76. The predicted octanol–water partition coefficient (Wildman–Crippen LogP) is 4.44. The number of fused-ring (bicyclic) bond motifs is 1. The normalized spacial score (nSPS) is 16.2. The smallest absolute Gasteiger partial charge is 0.410 e. The number of carbonyl (C=O) groups is 1. The quantitative estimate of drug-likeness (QED) is 0.597. The first-order chi connectivity index (χ1) is 15.7. The van der Waals surface area contributed by atoms with E-state index in [0.717, 1.165) is 36.6 Å². The van der Waals surface area contributed by atoms with Gasteiger partial charge < -0.3 is 15.4 Å². The summed E-state index contributed by atoms with van der Waals surface area (Å²) in [6.07, 6.45) is 3.04. The monoisotopic (exact) mass is 467 g/mol. The molecule has 1 unspecified atom stereocenters. The largest absolute Gasteiger partial charge is 0.444 e. The van der Waals surface area contributed by atoms with Crippen molar-refractivity contribution in [2.45, 2.75) is 52.3 Å². The summed E-state index contributed by atoms with van der Waals surface area (Å²) in [7, 11) is 0. The minimum atomic E-state index is -0.479. The molecule has 8 heteroatoms.